The first-order valence-corrected chi connectivity index (χ1v) is 6.23. The maximum absolute atomic E-state index is 12.2. The molecule has 1 N–H and O–H groups in total. The van der Waals surface area contributed by atoms with E-state index in [1.165, 1.54) is 0 Å². The van der Waals surface area contributed by atoms with Gasteiger partial charge in [-0.25, -0.2) is 0 Å². The van der Waals surface area contributed by atoms with E-state index in [0.29, 0.717) is 26.1 Å². The summed E-state index contributed by atoms with van der Waals surface area (Å²) in [6, 6.07) is 0. The monoisotopic (exact) mass is 241 g/mol. The topological polar surface area (TPSA) is 66.8 Å². The zero-order chi connectivity index (χ0) is 12.4. The number of carboxylic acid groups (broad SMARTS) is 1. The Balaban J connectivity index is 1.97. The second-order valence-electron chi connectivity index (χ2n) is 4.93. The fourth-order valence-corrected chi connectivity index (χ4v) is 2.67. The second kappa shape index (κ2) is 5.04. The molecule has 2 fully saturated rings. The van der Waals surface area contributed by atoms with Gasteiger partial charge < -0.3 is 14.7 Å². The number of aliphatic carboxylic acids is 1. The zero-order valence-corrected chi connectivity index (χ0v) is 10.1. The first-order chi connectivity index (χ1) is 8.09. The molecule has 2 heterocycles. The van der Waals surface area contributed by atoms with Crippen molar-refractivity contribution in [2.45, 2.75) is 32.3 Å². The maximum atomic E-state index is 12.2. The van der Waals surface area contributed by atoms with Crippen LogP contribution in [0.1, 0.15) is 26.2 Å². The first-order valence-electron chi connectivity index (χ1n) is 6.23. The highest BCUT2D eigenvalue weighted by atomic mass is 16.5. The lowest BCUT2D eigenvalue weighted by atomic mass is 9.95. The van der Waals surface area contributed by atoms with Gasteiger partial charge in [0.2, 0.25) is 5.91 Å². The lowest BCUT2D eigenvalue weighted by Gasteiger charge is -2.33. The molecule has 0 saturated carbocycles. The van der Waals surface area contributed by atoms with Gasteiger partial charge in [-0.05, 0) is 26.2 Å². The van der Waals surface area contributed by atoms with Crippen LogP contribution in [0.5, 0.6) is 0 Å². The van der Waals surface area contributed by atoms with Crippen molar-refractivity contribution in [3.8, 4) is 0 Å². The van der Waals surface area contributed by atoms with Gasteiger partial charge in [-0.15, -0.1) is 0 Å². The standard InChI is InChI=1S/C12H19NO4/c1-8-10(4-6-17-8)11(14)13-5-2-3-9(7-13)12(15)16/h8-10H,2-7H2,1H3,(H,15,16)/t8?,9-,10?/m0/s1. The molecule has 5 heteroatoms. The van der Waals surface area contributed by atoms with Crippen LogP contribution in [0.3, 0.4) is 0 Å². The molecule has 17 heavy (non-hydrogen) atoms. The predicted octanol–water partition coefficient (Wildman–Crippen LogP) is 0.735. The highest BCUT2D eigenvalue weighted by Crippen LogP contribution is 2.25. The van der Waals surface area contributed by atoms with E-state index in [2.05, 4.69) is 0 Å². The van der Waals surface area contributed by atoms with Crippen molar-refractivity contribution in [2.75, 3.05) is 19.7 Å². The van der Waals surface area contributed by atoms with Gasteiger partial charge in [-0.2, -0.15) is 0 Å². The molecule has 2 aliphatic rings. The number of hydrogen-bond acceptors (Lipinski definition) is 3. The Morgan fingerprint density at radius 3 is 2.71 bits per heavy atom. The quantitative estimate of drug-likeness (QED) is 0.774. The van der Waals surface area contributed by atoms with Gasteiger partial charge in [-0.3, -0.25) is 9.59 Å². The van der Waals surface area contributed by atoms with Crippen molar-refractivity contribution in [1.29, 1.82) is 0 Å². The summed E-state index contributed by atoms with van der Waals surface area (Å²) in [4.78, 5) is 24.9. The van der Waals surface area contributed by atoms with Crippen molar-refractivity contribution < 1.29 is 19.4 Å². The summed E-state index contributed by atoms with van der Waals surface area (Å²) in [5.41, 5.74) is 0. The minimum absolute atomic E-state index is 0.0345. The summed E-state index contributed by atoms with van der Waals surface area (Å²) in [5, 5.41) is 8.99. The Morgan fingerprint density at radius 2 is 2.12 bits per heavy atom. The highest BCUT2D eigenvalue weighted by molar-refractivity contribution is 5.81. The molecule has 0 bridgehead atoms. The van der Waals surface area contributed by atoms with E-state index in [0.717, 1.165) is 12.8 Å². The summed E-state index contributed by atoms with van der Waals surface area (Å²) in [7, 11) is 0. The third kappa shape index (κ3) is 2.60. The van der Waals surface area contributed by atoms with E-state index >= 15 is 0 Å². The van der Waals surface area contributed by atoms with Crippen LogP contribution in [0.25, 0.3) is 0 Å². The summed E-state index contributed by atoms with van der Waals surface area (Å²) < 4.78 is 5.39. The second-order valence-corrected chi connectivity index (χ2v) is 4.93. The van der Waals surface area contributed by atoms with Crippen molar-refractivity contribution in [3.05, 3.63) is 0 Å². The van der Waals surface area contributed by atoms with Crippen LogP contribution in [0.15, 0.2) is 0 Å². The van der Waals surface area contributed by atoms with Crippen LogP contribution >= 0.6 is 0 Å². The molecule has 0 radical (unpaired) electrons. The van der Waals surface area contributed by atoms with Crippen LogP contribution in [0.2, 0.25) is 0 Å². The number of likely N-dealkylation sites (tertiary alicyclic amines) is 1. The molecule has 5 nitrogen and oxygen atoms in total. The molecule has 0 spiro atoms. The van der Waals surface area contributed by atoms with Gasteiger partial charge in [0, 0.05) is 19.7 Å². The van der Waals surface area contributed by atoms with Crippen LogP contribution < -0.4 is 0 Å². The molecule has 96 valence electrons. The summed E-state index contributed by atoms with van der Waals surface area (Å²) in [6.45, 7) is 3.59. The normalized spacial score (nSPS) is 33.7. The lowest BCUT2D eigenvalue weighted by molar-refractivity contribution is -0.147. The minimum atomic E-state index is -0.793. The molecule has 1 amide bonds. The van der Waals surface area contributed by atoms with Crippen LogP contribution in [0, 0.1) is 11.8 Å². The van der Waals surface area contributed by atoms with Crippen molar-refractivity contribution in [2.24, 2.45) is 11.8 Å². The molecule has 2 rings (SSSR count). The van der Waals surface area contributed by atoms with Gasteiger partial charge in [0.15, 0.2) is 0 Å². The number of piperidine rings is 1. The molecule has 2 saturated heterocycles. The van der Waals surface area contributed by atoms with Crippen LogP contribution in [0.4, 0.5) is 0 Å². The summed E-state index contributed by atoms with van der Waals surface area (Å²) in [5.74, 6) is -1.20. The molecule has 0 aromatic carbocycles. The van der Waals surface area contributed by atoms with Gasteiger partial charge in [-0.1, -0.05) is 0 Å². The van der Waals surface area contributed by atoms with Crippen LogP contribution in [-0.2, 0) is 14.3 Å². The van der Waals surface area contributed by atoms with Gasteiger partial charge in [0.05, 0.1) is 17.9 Å². The van der Waals surface area contributed by atoms with Gasteiger partial charge >= 0.3 is 5.97 Å². The van der Waals surface area contributed by atoms with Crippen molar-refractivity contribution in [1.82, 2.24) is 4.90 Å². The third-order valence-corrected chi connectivity index (χ3v) is 3.78. The van der Waals surface area contributed by atoms with Crippen molar-refractivity contribution >= 4 is 11.9 Å². The largest absolute Gasteiger partial charge is 0.481 e. The third-order valence-electron chi connectivity index (χ3n) is 3.78. The van der Waals surface area contributed by atoms with E-state index in [-0.39, 0.29) is 17.9 Å². The zero-order valence-electron chi connectivity index (χ0n) is 10.1. The molecule has 2 aliphatic heterocycles. The van der Waals surface area contributed by atoms with Crippen molar-refractivity contribution in [3.63, 3.8) is 0 Å². The smallest absolute Gasteiger partial charge is 0.308 e. The fourth-order valence-electron chi connectivity index (χ4n) is 2.67. The van der Waals surface area contributed by atoms with E-state index in [1.807, 2.05) is 6.92 Å². The number of amides is 1. The Morgan fingerprint density at radius 1 is 1.35 bits per heavy atom. The summed E-state index contributed by atoms with van der Waals surface area (Å²) in [6.07, 6.45) is 2.18. The van der Waals surface area contributed by atoms with Crippen LogP contribution in [-0.4, -0.2) is 47.7 Å². The number of carbonyl (C=O) groups is 2. The Bertz CT molecular complexity index is 318. The lowest BCUT2D eigenvalue weighted by Crippen LogP contribution is -2.46. The molecule has 0 aromatic heterocycles. The molecule has 2 unspecified atom stereocenters. The number of carbonyl (C=O) groups excluding carboxylic acids is 1. The molecule has 3 atom stereocenters. The number of nitrogens with zero attached hydrogens (tertiary/aromatic N) is 1. The molecule has 0 aliphatic carbocycles. The number of carboxylic acids is 1. The maximum Gasteiger partial charge on any atom is 0.308 e. The number of ether oxygens (including phenoxy) is 1. The Hall–Kier alpha value is -1.10. The minimum Gasteiger partial charge on any atom is -0.481 e. The average Bonchev–Trinajstić information content (AvgIpc) is 2.74. The van der Waals surface area contributed by atoms with E-state index in [9.17, 15) is 9.59 Å². The van der Waals surface area contributed by atoms with E-state index in [1.54, 1.807) is 4.90 Å². The molecule has 0 aromatic rings. The Labute approximate surface area is 101 Å². The number of hydrogen-bond donors (Lipinski definition) is 1. The predicted molar refractivity (Wildman–Crippen MR) is 60.5 cm³/mol. The average molecular weight is 241 g/mol. The summed E-state index contributed by atoms with van der Waals surface area (Å²) >= 11 is 0. The highest BCUT2D eigenvalue weighted by Gasteiger charge is 2.36. The Kier molecular flexibility index (Phi) is 3.66. The van der Waals surface area contributed by atoms with Gasteiger partial charge in [0.25, 0.3) is 0 Å². The van der Waals surface area contributed by atoms with E-state index in [4.69, 9.17) is 9.84 Å². The van der Waals surface area contributed by atoms with E-state index < -0.39 is 11.9 Å². The molecular weight excluding hydrogens is 222 g/mol. The fraction of sp³-hybridized carbons (Fsp3) is 0.833. The first kappa shape index (κ1) is 12.4. The molecular formula is C12H19NO4. The van der Waals surface area contributed by atoms with Gasteiger partial charge in [0.1, 0.15) is 0 Å². The number of rotatable bonds is 2. The SMILES string of the molecule is CC1OCCC1C(=O)N1CCC[C@H](C(=O)O)C1.